The van der Waals surface area contributed by atoms with Crippen molar-refractivity contribution >= 4 is 16.9 Å². The minimum atomic E-state index is -0.418. The molecule has 0 spiro atoms. The van der Waals surface area contributed by atoms with Crippen molar-refractivity contribution in [3.8, 4) is 5.69 Å². The van der Waals surface area contributed by atoms with Crippen molar-refractivity contribution < 1.29 is 4.79 Å². The first-order chi connectivity index (χ1) is 15.2. The number of nitrogens with one attached hydrogen (secondary N) is 1. The molecule has 1 N–H and O–H groups in total. The second kappa shape index (κ2) is 9.96. The molecule has 2 aromatic carbocycles. The lowest BCUT2D eigenvalue weighted by Gasteiger charge is -2.31. The summed E-state index contributed by atoms with van der Waals surface area (Å²) in [6.07, 6.45) is 0. The zero-order valence-electron chi connectivity index (χ0n) is 19.8. The first-order valence-electron chi connectivity index (χ1n) is 11.0. The average molecular weight is 436 g/mol. The fraction of sp³-hybridized carbons (Fsp3) is 0.400. The van der Waals surface area contributed by atoms with Crippen molar-refractivity contribution in [2.24, 2.45) is 0 Å². The molecule has 2 amide bonds. The van der Waals surface area contributed by atoms with Crippen LogP contribution in [0.4, 0.5) is 4.79 Å². The fourth-order valence-electron chi connectivity index (χ4n) is 3.79. The molecule has 1 heterocycles. The highest BCUT2D eigenvalue weighted by molar-refractivity contribution is 5.78. The van der Waals surface area contributed by atoms with E-state index in [1.165, 1.54) is 0 Å². The number of carbonyl (C=O) groups is 1. The number of nitrogens with zero attached hydrogens (tertiary/aromatic N) is 4. The van der Waals surface area contributed by atoms with Gasteiger partial charge in [0, 0.05) is 19.6 Å². The van der Waals surface area contributed by atoms with Crippen LogP contribution in [0.5, 0.6) is 0 Å². The summed E-state index contributed by atoms with van der Waals surface area (Å²) in [5, 5.41) is 3.46. The Morgan fingerprint density at radius 3 is 2.53 bits per heavy atom. The van der Waals surface area contributed by atoms with Gasteiger partial charge in [0.05, 0.1) is 22.6 Å². The summed E-state index contributed by atoms with van der Waals surface area (Å²) in [4.78, 5) is 35.4. The van der Waals surface area contributed by atoms with Gasteiger partial charge in [-0.05, 0) is 71.1 Å². The van der Waals surface area contributed by atoms with Crippen molar-refractivity contribution in [2.75, 3.05) is 33.7 Å². The second-order valence-electron chi connectivity index (χ2n) is 8.43. The third-order valence-corrected chi connectivity index (χ3v) is 5.63. The maximum atomic E-state index is 13.7. The van der Waals surface area contributed by atoms with Gasteiger partial charge in [0.2, 0.25) is 0 Å². The van der Waals surface area contributed by atoms with Crippen LogP contribution in [-0.4, -0.2) is 59.1 Å². The molecule has 3 rings (SSSR count). The van der Waals surface area contributed by atoms with E-state index in [0.29, 0.717) is 36.4 Å². The number of amides is 2. The molecule has 0 aliphatic rings. The first kappa shape index (κ1) is 23.5. The van der Waals surface area contributed by atoms with Gasteiger partial charge in [0.25, 0.3) is 5.56 Å². The highest BCUT2D eigenvalue weighted by Gasteiger charge is 2.27. The molecule has 0 fully saturated rings. The summed E-state index contributed by atoms with van der Waals surface area (Å²) in [6, 6.07) is 12.8. The molecule has 0 aliphatic heterocycles. The van der Waals surface area contributed by atoms with Gasteiger partial charge in [-0.15, -0.1) is 0 Å². The van der Waals surface area contributed by atoms with Gasteiger partial charge in [-0.25, -0.2) is 9.78 Å². The molecule has 3 aromatic rings. The van der Waals surface area contributed by atoms with Crippen LogP contribution >= 0.6 is 0 Å². The van der Waals surface area contributed by atoms with Crippen LogP contribution < -0.4 is 10.9 Å². The fourth-order valence-corrected chi connectivity index (χ4v) is 3.79. The number of likely N-dealkylation sites (N-methyl/N-ethyl adjacent to an activating group) is 1. The van der Waals surface area contributed by atoms with E-state index in [4.69, 9.17) is 4.98 Å². The Hall–Kier alpha value is -3.19. The minimum absolute atomic E-state index is 0.130. The smallest absolute Gasteiger partial charge is 0.318 e. The predicted octanol–water partition coefficient (Wildman–Crippen LogP) is 3.66. The molecule has 0 aliphatic carbocycles. The van der Waals surface area contributed by atoms with E-state index in [9.17, 15) is 9.59 Å². The third-order valence-electron chi connectivity index (χ3n) is 5.63. The van der Waals surface area contributed by atoms with Crippen LogP contribution in [0.2, 0.25) is 0 Å². The van der Waals surface area contributed by atoms with Crippen LogP contribution in [0.3, 0.4) is 0 Å². The molecule has 0 bridgehead atoms. The lowest BCUT2D eigenvalue weighted by Crippen LogP contribution is -2.45. The summed E-state index contributed by atoms with van der Waals surface area (Å²) < 4.78 is 1.68. The van der Waals surface area contributed by atoms with E-state index in [-0.39, 0.29) is 11.6 Å². The average Bonchev–Trinajstić information content (AvgIpc) is 2.75. The largest absolute Gasteiger partial charge is 0.338 e. The van der Waals surface area contributed by atoms with Gasteiger partial charge in [-0.2, -0.15) is 0 Å². The van der Waals surface area contributed by atoms with Gasteiger partial charge in [0.15, 0.2) is 0 Å². The third kappa shape index (κ3) is 4.83. The van der Waals surface area contributed by atoms with Crippen LogP contribution in [0.25, 0.3) is 16.6 Å². The normalized spacial score (nSPS) is 12.2. The highest BCUT2D eigenvalue weighted by Crippen LogP contribution is 2.25. The molecule has 0 saturated carbocycles. The number of urea groups is 1. The molecule has 32 heavy (non-hydrogen) atoms. The maximum Gasteiger partial charge on any atom is 0.318 e. The summed E-state index contributed by atoms with van der Waals surface area (Å²) in [5.74, 6) is 0.549. The van der Waals surface area contributed by atoms with E-state index in [2.05, 4.69) is 5.32 Å². The Bertz CT molecular complexity index is 1170. The zero-order valence-corrected chi connectivity index (χ0v) is 19.8. The van der Waals surface area contributed by atoms with Crippen LogP contribution in [0.1, 0.15) is 36.8 Å². The number of para-hydroxylation sites is 1. The Morgan fingerprint density at radius 2 is 1.84 bits per heavy atom. The summed E-state index contributed by atoms with van der Waals surface area (Å²) in [6.45, 7) is 9.55. The van der Waals surface area contributed by atoms with Gasteiger partial charge in [-0.3, -0.25) is 9.36 Å². The number of aryl methyl sites for hydroxylation is 2. The number of aromatic nitrogens is 2. The number of hydrogen-bond donors (Lipinski definition) is 1. The van der Waals surface area contributed by atoms with Crippen molar-refractivity contribution in [1.29, 1.82) is 0 Å². The van der Waals surface area contributed by atoms with E-state index in [1.807, 2.05) is 83.1 Å². The molecule has 1 aromatic heterocycles. The molecule has 7 nitrogen and oxygen atoms in total. The van der Waals surface area contributed by atoms with Gasteiger partial charge < -0.3 is 15.1 Å². The van der Waals surface area contributed by atoms with Gasteiger partial charge in [0.1, 0.15) is 5.82 Å². The van der Waals surface area contributed by atoms with Crippen molar-refractivity contribution in [2.45, 2.75) is 33.7 Å². The summed E-state index contributed by atoms with van der Waals surface area (Å²) in [5.41, 5.74) is 3.32. The SMILES string of the molecule is CCNC(=O)N(CCN(C)C)C(C)c1nc2ccccc2c(=O)n1-c1cc(C)ccc1C. The number of fused-ring (bicyclic) bond motifs is 1. The summed E-state index contributed by atoms with van der Waals surface area (Å²) in [7, 11) is 3.95. The molecule has 1 atom stereocenters. The monoisotopic (exact) mass is 435 g/mol. The quantitative estimate of drug-likeness (QED) is 0.615. The molecular weight excluding hydrogens is 402 g/mol. The Morgan fingerprint density at radius 1 is 1.12 bits per heavy atom. The molecule has 7 heteroatoms. The van der Waals surface area contributed by atoms with Gasteiger partial charge in [-0.1, -0.05) is 24.3 Å². The second-order valence-corrected chi connectivity index (χ2v) is 8.43. The molecule has 0 radical (unpaired) electrons. The van der Waals surface area contributed by atoms with Crippen LogP contribution in [-0.2, 0) is 0 Å². The van der Waals surface area contributed by atoms with Crippen LogP contribution in [0, 0.1) is 13.8 Å². The lowest BCUT2D eigenvalue weighted by molar-refractivity contribution is 0.169. The number of benzene rings is 2. The predicted molar refractivity (Wildman–Crippen MR) is 130 cm³/mol. The van der Waals surface area contributed by atoms with E-state index in [0.717, 1.165) is 16.8 Å². The molecular formula is C25H33N5O2. The van der Waals surface area contributed by atoms with Crippen LogP contribution in [0.15, 0.2) is 47.3 Å². The number of rotatable bonds is 7. The maximum absolute atomic E-state index is 13.7. The van der Waals surface area contributed by atoms with E-state index in [1.54, 1.807) is 15.5 Å². The summed E-state index contributed by atoms with van der Waals surface area (Å²) >= 11 is 0. The lowest BCUT2D eigenvalue weighted by atomic mass is 10.1. The minimum Gasteiger partial charge on any atom is -0.338 e. The van der Waals surface area contributed by atoms with E-state index < -0.39 is 6.04 Å². The first-order valence-corrected chi connectivity index (χ1v) is 11.0. The molecule has 1 unspecified atom stereocenters. The van der Waals surface area contributed by atoms with Gasteiger partial charge >= 0.3 is 6.03 Å². The van der Waals surface area contributed by atoms with Crippen molar-refractivity contribution in [1.82, 2.24) is 24.7 Å². The Balaban J connectivity index is 2.26. The van der Waals surface area contributed by atoms with Crippen molar-refractivity contribution in [3.63, 3.8) is 0 Å². The topological polar surface area (TPSA) is 70.5 Å². The molecule has 170 valence electrons. The van der Waals surface area contributed by atoms with Crippen molar-refractivity contribution in [3.05, 3.63) is 69.8 Å². The molecule has 0 saturated heterocycles. The number of hydrogen-bond acceptors (Lipinski definition) is 4. The zero-order chi connectivity index (χ0) is 23.4. The standard InChI is InChI=1S/C25H33N5O2/c1-7-26-25(32)29(15-14-28(5)6)19(4)23-27-21-11-9-8-10-20(21)24(31)30(23)22-16-17(2)12-13-18(22)3/h8-13,16,19H,7,14-15H2,1-6H3,(H,26,32). The Kier molecular flexibility index (Phi) is 7.30. The Labute approximate surface area is 189 Å². The number of carbonyl (C=O) groups excluding carboxylic acids is 1. The van der Waals surface area contributed by atoms with E-state index >= 15 is 0 Å². The highest BCUT2D eigenvalue weighted by atomic mass is 16.2.